The lowest BCUT2D eigenvalue weighted by molar-refractivity contribution is -0.150. The molecule has 0 aliphatic heterocycles. The van der Waals surface area contributed by atoms with E-state index in [-0.39, 0.29) is 12.5 Å². The molecule has 0 saturated carbocycles. The van der Waals surface area contributed by atoms with Gasteiger partial charge >= 0.3 is 12.1 Å². The highest BCUT2D eigenvalue weighted by molar-refractivity contribution is 6.11. The van der Waals surface area contributed by atoms with Crippen molar-refractivity contribution in [1.29, 1.82) is 0 Å². The Morgan fingerprint density at radius 1 is 1.03 bits per heavy atom. The molecule has 3 aromatic rings. The summed E-state index contributed by atoms with van der Waals surface area (Å²) < 4.78 is 35.9. The van der Waals surface area contributed by atoms with Crippen LogP contribution in [0.1, 0.15) is 63.6 Å². The van der Waals surface area contributed by atoms with Gasteiger partial charge < -0.3 is 29.3 Å². The van der Waals surface area contributed by atoms with Gasteiger partial charge in [-0.05, 0) is 83.5 Å². The first-order valence-electron chi connectivity index (χ1n) is 12.6. The molecule has 210 valence electrons. The molecular weight excluding hydrogens is 507 g/mol. The molecule has 39 heavy (non-hydrogen) atoms. The smallest absolute Gasteiger partial charge is 0.408 e. The minimum absolute atomic E-state index is 0.0321. The standard InChI is InChI=1S/C29H35FN2O7/c1-16(15-36-27(34)17(2)32-28(35)39-29(4,5)6)37-18(3)20-10-13-23-22(14-20)24(26(33)31-7)25(38-23)19-8-11-21(30)12-9-19/h8-14,16-18H,15H2,1-7H3,(H,31,33)(H,32,35)/t16-,17-,18-/m0/s1. The van der Waals surface area contributed by atoms with Gasteiger partial charge in [0.15, 0.2) is 0 Å². The van der Waals surface area contributed by atoms with E-state index >= 15 is 0 Å². The normalized spacial score (nSPS) is 13.8. The molecule has 2 amide bonds. The maximum Gasteiger partial charge on any atom is 0.408 e. The van der Waals surface area contributed by atoms with Crippen LogP contribution in [0.2, 0.25) is 0 Å². The highest BCUT2D eigenvalue weighted by Crippen LogP contribution is 2.35. The largest absolute Gasteiger partial charge is 0.461 e. The van der Waals surface area contributed by atoms with E-state index in [0.717, 1.165) is 5.56 Å². The molecule has 2 aromatic carbocycles. The molecule has 1 aromatic heterocycles. The number of rotatable bonds is 9. The van der Waals surface area contributed by atoms with Gasteiger partial charge in [0.05, 0.1) is 17.8 Å². The van der Waals surface area contributed by atoms with Crippen molar-refractivity contribution in [1.82, 2.24) is 10.6 Å². The van der Waals surface area contributed by atoms with Crippen LogP contribution in [-0.2, 0) is 19.0 Å². The van der Waals surface area contributed by atoms with Crippen LogP contribution < -0.4 is 10.6 Å². The predicted octanol–water partition coefficient (Wildman–Crippen LogP) is 5.52. The summed E-state index contributed by atoms with van der Waals surface area (Å²) in [5.74, 6) is -1.01. The second-order valence-electron chi connectivity index (χ2n) is 10.2. The lowest BCUT2D eigenvalue weighted by Crippen LogP contribution is -2.43. The zero-order valence-corrected chi connectivity index (χ0v) is 23.2. The van der Waals surface area contributed by atoms with E-state index in [9.17, 15) is 18.8 Å². The molecule has 3 atom stereocenters. The summed E-state index contributed by atoms with van der Waals surface area (Å²) in [6.45, 7) is 10.2. The highest BCUT2D eigenvalue weighted by atomic mass is 19.1. The van der Waals surface area contributed by atoms with Gasteiger partial charge in [0.25, 0.3) is 5.91 Å². The van der Waals surface area contributed by atoms with Crippen molar-refractivity contribution in [2.45, 2.75) is 65.4 Å². The number of esters is 1. The SMILES string of the molecule is CNC(=O)c1c(-c2ccc(F)cc2)oc2ccc([C@H](C)O[C@@H](C)COC(=O)[C@H](C)NC(=O)OC(C)(C)C)cc12. The summed E-state index contributed by atoms with van der Waals surface area (Å²) in [5.41, 5.74) is 1.49. The molecule has 0 unspecified atom stereocenters. The van der Waals surface area contributed by atoms with Crippen LogP contribution in [0.3, 0.4) is 0 Å². The molecule has 1 heterocycles. The van der Waals surface area contributed by atoms with Gasteiger partial charge in [0.2, 0.25) is 0 Å². The summed E-state index contributed by atoms with van der Waals surface area (Å²) in [7, 11) is 1.53. The number of ether oxygens (including phenoxy) is 3. The topological polar surface area (TPSA) is 116 Å². The Balaban J connectivity index is 1.68. The first kappa shape index (κ1) is 29.6. The maximum atomic E-state index is 13.4. The minimum atomic E-state index is -0.897. The zero-order chi connectivity index (χ0) is 28.9. The molecule has 10 heteroatoms. The van der Waals surface area contributed by atoms with Crippen molar-refractivity contribution in [2.75, 3.05) is 13.7 Å². The summed E-state index contributed by atoms with van der Waals surface area (Å²) in [6.07, 6.45) is -1.59. The molecule has 9 nitrogen and oxygen atoms in total. The van der Waals surface area contributed by atoms with Crippen LogP contribution in [0.15, 0.2) is 46.9 Å². The molecule has 0 aliphatic carbocycles. The Labute approximate surface area is 227 Å². The van der Waals surface area contributed by atoms with E-state index < -0.39 is 41.7 Å². The van der Waals surface area contributed by atoms with E-state index in [0.29, 0.717) is 27.9 Å². The van der Waals surface area contributed by atoms with Gasteiger partial charge in [0.1, 0.15) is 35.4 Å². The van der Waals surface area contributed by atoms with Crippen molar-refractivity contribution < 1.29 is 37.4 Å². The number of furan rings is 1. The van der Waals surface area contributed by atoms with Crippen LogP contribution in [0.25, 0.3) is 22.3 Å². The minimum Gasteiger partial charge on any atom is -0.461 e. The number of hydrogen-bond acceptors (Lipinski definition) is 7. The fourth-order valence-electron chi connectivity index (χ4n) is 3.86. The summed E-state index contributed by atoms with van der Waals surface area (Å²) in [5, 5.41) is 5.66. The number of hydrogen-bond donors (Lipinski definition) is 2. The van der Waals surface area contributed by atoms with Crippen LogP contribution in [0, 0.1) is 5.82 Å². The van der Waals surface area contributed by atoms with Crippen molar-refractivity contribution in [3.63, 3.8) is 0 Å². The fraction of sp³-hybridized carbons (Fsp3) is 0.414. The number of carbonyl (C=O) groups is 3. The molecule has 2 N–H and O–H groups in total. The molecular formula is C29H35FN2O7. The fourth-order valence-corrected chi connectivity index (χ4v) is 3.86. The third-order valence-corrected chi connectivity index (χ3v) is 5.73. The van der Waals surface area contributed by atoms with Crippen LogP contribution in [-0.4, -0.2) is 49.4 Å². The van der Waals surface area contributed by atoms with Crippen molar-refractivity contribution in [3.05, 3.63) is 59.4 Å². The second-order valence-corrected chi connectivity index (χ2v) is 10.2. The lowest BCUT2D eigenvalue weighted by atomic mass is 10.0. The Hall–Kier alpha value is -3.92. The van der Waals surface area contributed by atoms with E-state index in [1.54, 1.807) is 45.9 Å². The van der Waals surface area contributed by atoms with Gasteiger partial charge in [-0.25, -0.2) is 14.0 Å². The molecule has 0 spiro atoms. The monoisotopic (exact) mass is 542 g/mol. The van der Waals surface area contributed by atoms with Gasteiger partial charge in [-0.2, -0.15) is 0 Å². The third kappa shape index (κ3) is 7.79. The Bertz CT molecular complexity index is 1330. The molecule has 0 aliphatic rings. The van der Waals surface area contributed by atoms with E-state index in [2.05, 4.69) is 10.6 Å². The van der Waals surface area contributed by atoms with E-state index in [4.69, 9.17) is 18.6 Å². The van der Waals surface area contributed by atoms with Crippen LogP contribution >= 0.6 is 0 Å². The second kappa shape index (κ2) is 12.3. The number of carbonyl (C=O) groups excluding carboxylic acids is 3. The summed E-state index contributed by atoms with van der Waals surface area (Å²) in [6, 6.07) is 10.2. The molecule has 0 fully saturated rings. The van der Waals surface area contributed by atoms with E-state index in [1.807, 2.05) is 19.1 Å². The number of benzene rings is 2. The summed E-state index contributed by atoms with van der Waals surface area (Å²) in [4.78, 5) is 37.0. The van der Waals surface area contributed by atoms with Gasteiger partial charge in [-0.15, -0.1) is 0 Å². The van der Waals surface area contributed by atoms with Crippen molar-refractivity contribution >= 4 is 28.9 Å². The van der Waals surface area contributed by atoms with Gasteiger partial charge in [0, 0.05) is 18.0 Å². The first-order chi connectivity index (χ1) is 18.3. The Morgan fingerprint density at radius 2 is 1.69 bits per heavy atom. The molecule has 3 rings (SSSR count). The average Bonchev–Trinajstić information content (AvgIpc) is 3.24. The quantitative estimate of drug-likeness (QED) is 0.342. The number of fused-ring (bicyclic) bond motifs is 1. The summed E-state index contributed by atoms with van der Waals surface area (Å²) >= 11 is 0. The maximum absolute atomic E-state index is 13.4. The number of amides is 2. The van der Waals surface area contributed by atoms with E-state index in [1.165, 1.54) is 26.1 Å². The molecule has 0 saturated heterocycles. The van der Waals surface area contributed by atoms with Crippen LogP contribution in [0.4, 0.5) is 9.18 Å². The van der Waals surface area contributed by atoms with Gasteiger partial charge in [-0.3, -0.25) is 4.79 Å². The molecule has 0 bridgehead atoms. The number of alkyl carbamates (subject to hydrolysis) is 1. The average molecular weight is 543 g/mol. The third-order valence-electron chi connectivity index (χ3n) is 5.73. The number of halogens is 1. The first-order valence-corrected chi connectivity index (χ1v) is 12.6. The highest BCUT2D eigenvalue weighted by Gasteiger charge is 2.25. The number of nitrogens with one attached hydrogen (secondary N) is 2. The Kier molecular flexibility index (Phi) is 9.34. The van der Waals surface area contributed by atoms with Crippen LogP contribution in [0.5, 0.6) is 0 Å². The van der Waals surface area contributed by atoms with Gasteiger partial charge in [-0.1, -0.05) is 6.07 Å². The van der Waals surface area contributed by atoms with Crippen molar-refractivity contribution in [2.24, 2.45) is 0 Å². The molecule has 0 radical (unpaired) electrons. The zero-order valence-electron chi connectivity index (χ0n) is 23.2. The Morgan fingerprint density at radius 3 is 2.31 bits per heavy atom. The van der Waals surface area contributed by atoms with Crippen molar-refractivity contribution in [3.8, 4) is 11.3 Å². The lowest BCUT2D eigenvalue weighted by Gasteiger charge is -2.22. The predicted molar refractivity (Wildman–Crippen MR) is 144 cm³/mol.